The van der Waals surface area contributed by atoms with Crippen LogP contribution >= 0.6 is 11.8 Å². The first-order chi connectivity index (χ1) is 29.6. The molecule has 1 aliphatic carbocycles. The standard InChI is InChI=1S/C50H57N3O6S3/c1-36(52(32-9-11-34-61(54,55)56)48-30-24-40-14-5-7-18-46(40)38(48)3)20-22-42-16-13-17-43(50(42)60-45-28-26-44(51)27-29-45)23-21-37(2)53(33-10-12-35-62(57,58)59)49-31-25-41-15-6-8-19-47(41)39(49)4/h5-8,14-15,18-31H,9-13,16-17,32-35,51H2,1-4H3,(H-,54,55,56,57,58,59)/p+1. The molecular formula is C50H58N3O6S3+. The van der Waals surface area contributed by atoms with Crippen molar-refractivity contribution in [1.29, 1.82) is 0 Å². The van der Waals surface area contributed by atoms with Crippen LogP contribution in [-0.2, 0) is 20.2 Å². The molecular weight excluding hydrogens is 835 g/mol. The molecule has 9 nitrogen and oxygen atoms in total. The Morgan fingerprint density at radius 2 is 1.37 bits per heavy atom. The number of aryl methyl sites for hydroxylation is 2. The number of thioether (sulfide) groups is 1. The van der Waals surface area contributed by atoms with Crippen LogP contribution in [0.4, 0.5) is 17.1 Å². The molecule has 4 N–H and O–H groups in total. The van der Waals surface area contributed by atoms with Crippen LogP contribution < -0.4 is 10.6 Å². The Kier molecular flexibility index (Phi) is 15.7. The van der Waals surface area contributed by atoms with Gasteiger partial charge in [0.25, 0.3) is 20.2 Å². The Morgan fingerprint density at radius 3 is 2.03 bits per heavy atom. The fraction of sp³-hybridized carbons (Fsp3) is 0.300. The molecule has 0 fully saturated rings. The van der Waals surface area contributed by atoms with E-state index < -0.39 is 20.2 Å². The Morgan fingerprint density at radius 1 is 0.758 bits per heavy atom. The van der Waals surface area contributed by atoms with Gasteiger partial charge in [-0.2, -0.15) is 21.4 Å². The molecule has 0 atom stereocenters. The van der Waals surface area contributed by atoms with Crippen molar-refractivity contribution in [2.45, 2.75) is 77.5 Å². The number of nitrogens with zero attached hydrogens (tertiary/aromatic N) is 2. The molecule has 62 heavy (non-hydrogen) atoms. The van der Waals surface area contributed by atoms with Crippen molar-refractivity contribution >= 4 is 76.3 Å². The lowest BCUT2D eigenvalue weighted by atomic mass is 9.93. The smallest absolute Gasteiger partial charge is 0.264 e. The first-order valence-electron chi connectivity index (χ1n) is 21.2. The van der Waals surface area contributed by atoms with Crippen LogP contribution in [0, 0.1) is 13.8 Å². The van der Waals surface area contributed by atoms with Crippen molar-refractivity contribution in [2.75, 3.05) is 35.2 Å². The minimum absolute atomic E-state index is 0.276. The van der Waals surface area contributed by atoms with E-state index in [9.17, 15) is 25.9 Å². The van der Waals surface area contributed by atoms with Gasteiger partial charge in [-0.3, -0.25) is 9.11 Å². The summed E-state index contributed by atoms with van der Waals surface area (Å²) in [5.74, 6) is -0.552. The van der Waals surface area contributed by atoms with E-state index in [1.165, 1.54) is 16.1 Å². The lowest BCUT2D eigenvalue weighted by Crippen LogP contribution is -2.24. The summed E-state index contributed by atoms with van der Waals surface area (Å²) in [5.41, 5.74) is 15.6. The fourth-order valence-electron chi connectivity index (χ4n) is 8.13. The van der Waals surface area contributed by atoms with Crippen molar-refractivity contribution in [3.8, 4) is 0 Å². The zero-order chi connectivity index (χ0) is 44.4. The maximum atomic E-state index is 11.6. The highest BCUT2D eigenvalue weighted by Gasteiger charge is 2.21. The largest absolute Gasteiger partial charge is 0.399 e. The zero-order valence-corrected chi connectivity index (χ0v) is 38.5. The molecule has 0 saturated heterocycles. The SMILES string of the molecule is CC(/C=C/C1=C(Sc2ccc(N)cc2)C(=C/C=C(\C)N(CCCCS(=O)(=O)O)c2ccc3ccccc3c2C)/CCC1)=[N+](CCCCS(=O)(=O)O)c1ccc2ccccc2c1C. The van der Waals surface area contributed by atoms with Gasteiger partial charge in [0.2, 0.25) is 5.69 Å². The summed E-state index contributed by atoms with van der Waals surface area (Å²) in [6, 6.07) is 33.1. The summed E-state index contributed by atoms with van der Waals surface area (Å²) >= 11 is 1.73. The summed E-state index contributed by atoms with van der Waals surface area (Å²) in [6.45, 7) is 9.59. The predicted molar refractivity (Wildman–Crippen MR) is 260 cm³/mol. The Bertz CT molecular complexity index is 2810. The lowest BCUT2D eigenvalue weighted by Gasteiger charge is -2.28. The second-order valence-corrected chi connectivity index (χ2v) is 20.2. The third-order valence-corrected chi connectivity index (χ3v) is 14.3. The van der Waals surface area contributed by atoms with Gasteiger partial charge in [0, 0.05) is 64.5 Å². The van der Waals surface area contributed by atoms with Gasteiger partial charge in [0.1, 0.15) is 6.54 Å². The van der Waals surface area contributed by atoms with Gasteiger partial charge in [-0.25, -0.2) is 0 Å². The molecule has 0 spiro atoms. The van der Waals surface area contributed by atoms with Gasteiger partial charge in [0.15, 0.2) is 5.71 Å². The Labute approximate surface area is 371 Å². The van der Waals surface area contributed by atoms with Crippen LogP contribution in [0.1, 0.15) is 69.9 Å². The molecule has 0 radical (unpaired) electrons. The van der Waals surface area contributed by atoms with E-state index >= 15 is 0 Å². The summed E-state index contributed by atoms with van der Waals surface area (Å²) in [4.78, 5) is 4.51. The van der Waals surface area contributed by atoms with Gasteiger partial charge < -0.3 is 10.6 Å². The summed E-state index contributed by atoms with van der Waals surface area (Å²) in [7, 11) is -8.11. The molecule has 0 saturated carbocycles. The Balaban J connectivity index is 1.40. The van der Waals surface area contributed by atoms with E-state index in [-0.39, 0.29) is 11.5 Å². The number of hydrogen-bond donors (Lipinski definition) is 3. The number of hydrogen-bond acceptors (Lipinski definition) is 7. The van der Waals surface area contributed by atoms with E-state index in [1.807, 2.05) is 48.5 Å². The number of benzene rings is 5. The highest BCUT2D eigenvalue weighted by Crippen LogP contribution is 2.42. The molecule has 0 unspecified atom stereocenters. The first kappa shape index (κ1) is 46.5. The predicted octanol–water partition coefficient (Wildman–Crippen LogP) is 11.8. The second-order valence-electron chi connectivity index (χ2n) is 16.0. The molecule has 6 rings (SSSR count). The van der Waals surface area contributed by atoms with E-state index in [1.54, 1.807) is 11.8 Å². The molecule has 0 aliphatic heterocycles. The molecule has 0 aromatic heterocycles. The maximum absolute atomic E-state index is 11.6. The minimum atomic E-state index is -4.05. The monoisotopic (exact) mass is 892 g/mol. The summed E-state index contributed by atoms with van der Waals surface area (Å²) in [5, 5.41) is 4.63. The van der Waals surface area contributed by atoms with Crippen molar-refractivity contribution in [2.24, 2.45) is 0 Å². The van der Waals surface area contributed by atoms with E-state index in [0.717, 1.165) is 79.6 Å². The van der Waals surface area contributed by atoms with Crippen molar-refractivity contribution in [1.82, 2.24) is 0 Å². The average Bonchev–Trinajstić information content (AvgIpc) is 3.23. The Hall–Kier alpha value is -4.98. The number of nitrogen functional groups attached to an aromatic ring is 1. The topological polar surface area (TPSA) is 141 Å². The number of anilines is 2. The quantitative estimate of drug-likeness (QED) is 0.0258. The molecule has 5 aromatic rings. The van der Waals surface area contributed by atoms with Gasteiger partial charge in [0.05, 0.1) is 11.5 Å². The molecule has 326 valence electrons. The fourth-order valence-corrected chi connectivity index (χ4v) is 10.4. The van der Waals surface area contributed by atoms with Crippen molar-refractivity contribution < 1.29 is 30.5 Å². The van der Waals surface area contributed by atoms with E-state index in [2.05, 4.69) is 110 Å². The normalized spacial score (nSPS) is 15.3. The average molecular weight is 893 g/mol. The van der Waals surface area contributed by atoms with Crippen LogP contribution in [0.25, 0.3) is 21.5 Å². The number of fused-ring (bicyclic) bond motifs is 2. The molecule has 0 amide bonds. The number of rotatable bonds is 18. The first-order valence-corrected chi connectivity index (χ1v) is 25.2. The van der Waals surface area contributed by atoms with Gasteiger partial charge in [-0.1, -0.05) is 78.5 Å². The number of nitrogens with two attached hydrogens (primary N) is 1. The van der Waals surface area contributed by atoms with E-state index in [0.29, 0.717) is 44.5 Å². The number of allylic oxidation sites excluding steroid dienone is 7. The van der Waals surface area contributed by atoms with Crippen LogP contribution in [0.2, 0.25) is 0 Å². The minimum Gasteiger partial charge on any atom is -0.399 e. The molecule has 0 heterocycles. The van der Waals surface area contributed by atoms with Crippen molar-refractivity contribution in [3.63, 3.8) is 0 Å². The summed E-state index contributed by atoms with van der Waals surface area (Å²) in [6.07, 6.45) is 13.4. The van der Waals surface area contributed by atoms with Gasteiger partial charge in [-0.05, 0) is 140 Å². The highest BCUT2D eigenvalue weighted by atomic mass is 32.2. The molecule has 1 aliphatic rings. The maximum Gasteiger partial charge on any atom is 0.264 e. The third-order valence-electron chi connectivity index (χ3n) is 11.5. The van der Waals surface area contributed by atoms with Crippen molar-refractivity contribution in [3.05, 3.63) is 154 Å². The second kappa shape index (κ2) is 20.9. The van der Waals surface area contributed by atoms with Gasteiger partial charge >= 0.3 is 0 Å². The molecule has 0 bridgehead atoms. The van der Waals surface area contributed by atoms with Crippen LogP contribution in [0.5, 0.6) is 0 Å². The van der Waals surface area contributed by atoms with Gasteiger partial charge in [-0.15, -0.1) is 0 Å². The number of unbranched alkanes of at least 4 members (excludes halogenated alkanes) is 2. The van der Waals surface area contributed by atoms with Crippen LogP contribution in [0.15, 0.2) is 148 Å². The third kappa shape index (κ3) is 12.6. The van der Waals surface area contributed by atoms with Crippen LogP contribution in [0.3, 0.4) is 0 Å². The zero-order valence-electron chi connectivity index (χ0n) is 36.0. The molecule has 5 aromatic carbocycles. The lowest BCUT2D eigenvalue weighted by molar-refractivity contribution is -0.441. The van der Waals surface area contributed by atoms with Crippen LogP contribution in [-0.4, -0.2) is 60.8 Å². The highest BCUT2D eigenvalue weighted by molar-refractivity contribution is 8.03. The summed E-state index contributed by atoms with van der Waals surface area (Å²) < 4.78 is 67.3. The molecule has 12 heteroatoms. The van der Waals surface area contributed by atoms with E-state index in [4.69, 9.17) is 5.73 Å².